The summed E-state index contributed by atoms with van der Waals surface area (Å²) in [6, 6.07) is 8.99. The van der Waals surface area contributed by atoms with E-state index in [1.54, 1.807) is 24.3 Å². The Morgan fingerprint density at radius 3 is 2.40 bits per heavy atom. The second-order valence-corrected chi connectivity index (χ2v) is 8.51. The molecule has 7 nitrogen and oxygen atoms in total. The molecule has 0 aliphatic carbocycles. The lowest BCUT2D eigenvalue weighted by molar-refractivity contribution is -0.143. The molecule has 0 spiro atoms. The number of urea groups is 1. The molecular weight excluding hydrogens is 621 g/mol. The number of amides is 3. The van der Waals surface area contributed by atoms with Gasteiger partial charge in [0, 0.05) is 0 Å². The van der Waals surface area contributed by atoms with Gasteiger partial charge in [-0.25, -0.2) is 14.1 Å². The van der Waals surface area contributed by atoms with E-state index < -0.39 is 24.5 Å². The molecule has 0 unspecified atom stereocenters. The first kappa shape index (κ1) is 22.5. The maximum atomic E-state index is 13.0. The summed E-state index contributed by atoms with van der Waals surface area (Å²) in [4.78, 5) is 36.5. The van der Waals surface area contributed by atoms with Gasteiger partial charge in [0.05, 0.1) is 14.3 Å². The number of methoxy groups -OCH3 is 1. The highest BCUT2D eigenvalue weighted by Crippen LogP contribution is 2.31. The van der Waals surface area contributed by atoms with Crippen LogP contribution in [-0.2, 0) is 20.9 Å². The average Bonchev–Trinajstić information content (AvgIpc) is 2.96. The Bertz CT molecular complexity index is 1020. The maximum absolute atomic E-state index is 13.0. The van der Waals surface area contributed by atoms with Crippen molar-refractivity contribution in [2.45, 2.75) is 6.61 Å². The van der Waals surface area contributed by atoms with Crippen molar-refractivity contribution in [3.05, 3.63) is 66.2 Å². The molecule has 2 aromatic carbocycles. The third-order valence-electron chi connectivity index (χ3n) is 4.11. The van der Waals surface area contributed by atoms with Crippen LogP contribution in [0.5, 0.6) is 5.75 Å². The molecule has 1 aliphatic heterocycles. The largest absolute Gasteiger partial charge is 0.487 e. The van der Waals surface area contributed by atoms with Crippen molar-refractivity contribution in [3.8, 4) is 5.75 Å². The van der Waals surface area contributed by atoms with Crippen LogP contribution in [0, 0.1) is 13.0 Å². The van der Waals surface area contributed by atoms with Crippen LogP contribution in [0.2, 0.25) is 0 Å². The Morgan fingerprint density at radius 1 is 1.17 bits per heavy atom. The normalized spacial score (nSPS) is 14.8. The number of hydrogen-bond donors (Lipinski definition) is 1. The van der Waals surface area contributed by atoms with Crippen LogP contribution >= 0.6 is 45.2 Å². The van der Waals surface area contributed by atoms with Gasteiger partial charge in [-0.1, -0.05) is 12.1 Å². The number of hydrogen-bond acceptors (Lipinski definition) is 5. The first-order chi connectivity index (χ1) is 14.3. The third-order valence-corrected chi connectivity index (χ3v) is 5.71. The number of carbonyl (C=O) groups excluding carboxylic acids is 3. The summed E-state index contributed by atoms with van der Waals surface area (Å²) >= 11 is 4.24. The summed E-state index contributed by atoms with van der Waals surface area (Å²) in [7, 11) is 1.18. The van der Waals surface area contributed by atoms with Gasteiger partial charge >= 0.3 is 12.0 Å². The lowest BCUT2D eigenvalue weighted by Crippen LogP contribution is -2.36. The van der Waals surface area contributed by atoms with Crippen LogP contribution in [-0.4, -0.2) is 36.5 Å². The number of carbonyl (C=O) groups is 3. The van der Waals surface area contributed by atoms with Gasteiger partial charge < -0.3 is 14.8 Å². The molecule has 10 heteroatoms. The molecule has 1 saturated heterocycles. The second kappa shape index (κ2) is 9.73. The number of nitrogens with one attached hydrogen (secondary N) is 1. The second-order valence-electron chi connectivity index (χ2n) is 6.18. The molecule has 156 valence electrons. The van der Waals surface area contributed by atoms with E-state index in [0.29, 0.717) is 11.3 Å². The summed E-state index contributed by atoms with van der Waals surface area (Å²) < 4.78 is 25.0. The average molecular weight is 636 g/mol. The molecule has 30 heavy (non-hydrogen) atoms. The van der Waals surface area contributed by atoms with Crippen LogP contribution in [0.1, 0.15) is 11.1 Å². The zero-order chi connectivity index (χ0) is 21.8. The van der Waals surface area contributed by atoms with Crippen LogP contribution in [0.3, 0.4) is 0 Å². The van der Waals surface area contributed by atoms with E-state index in [4.69, 9.17) is 4.74 Å². The smallest absolute Gasteiger partial charge is 0.329 e. The van der Waals surface area contributed by atoms with Crippen LogP contribution in [0.25, 0.3) is 6.08 Å². The van der Waals surface area contributed by atoms with Gasteiger partial charge in [0.25, 0.3) is 5.91 Å². The van der Waals surface area contributed by atoms with E-state index in [-0.39, 0.29) is 18.1 Å². The minimum Gasteiger partial charge on any atom is -0.487 e. The Morgan fingerprint density at radius 2 is 1.80 bits per heavy atom. The number of nitrogens with zero attached hydrogens (tertiary/aromatic N) is 1. The van der Waals surface area contributed by atoms with E-state index in [1.165, 1.54) is 25.3 Å². The van der Waals surface area contributed by atoms with Crippen molar-refractivity contribution in [1.82, 2.24) is 10.2 Å². The van der Waals surface area contributed by atoms with E-state index in [0.717, 1.165) is 17.6 Å². The fourth-order valence-electron chi connectivity index (χ4n) is 2.61. The molecule has 0 atom stereocenters. The molecule has 1 aliphatic rings. The number of benzene rings is 2. The fourth-order valence-corrected chi connectivity index (χ4v) is 4.74. The monoisotopic (exact) mass is 636 g/mol. The van der Waals surface area contributed by atoms with E-state index in [1.807, 2.05) is 0 Å². The van der Waals surface area contributed by atoms with Gasteiger partial charge in [-0.15, -0.1) is 0 Å². The van der Waals surface area contributed by atoms with Gasteiger partial charge in [0.2, 0.25) is 0 Å². The van der Waals surface area contributed by atoms with Crippen molar-refractivity contribution in [1.29, 1.82) is 0 Å². The van der Waals surface area contributed by atoms with Crippen LogP contribution < -0.4 is 10.1 Å². The predicted octanol–water partition coefficient (Wildman–Crippen LogP) is 3.68. The van der Waals surface area contributed by atoms with Crippen molar-refractivity contribution >= 4 is 69.2 Å². The van der Waals surface area contributed by atoms with Gasteiger partial charge in [-0.3, -0.25) is 9.59 Å². The van der Waals surface area contributed by atoms with E-state index >= 15 is 0 Å². The molecule has 1 heterocycles. The van der Waals surface area contributed by atoms with Gasteiger partial charge in [-0.2, -0.15) is 0 Å². The van der Waals surface area contributed by atoms with Crippen molar-refractivity contribution in [2.75, 3.05) is 13.7 Å². The fraction of sp³-hybridized carbons (Fsp3) is 0.150. The van der Waals surface area contributed by atoms with Crippen LogP contribution in [0.15, 0.2) is 42.1 Å². The first-order valence-corrected chi connectivity index (χ1v) is 10.7. The lowest BCUT2D eigenvalue weighted by atomic mass is 10.2. The summed E-state index contributed by atoms with van der Waals surface area (Å²) in [5.74, 6) is -0.936. The molecule has 2 aromatic rings. The van der Waals surface area contributed by atoms with Crippen molar-refractivity contribution in [2.24, 2.45) is 0 Å². The summed E-state index contributed by atoms with van der Waals surface area (Å²) in [6.07, 6.45) is 1.53. The molecule has 1 N–H and O–H groups in total. The molecule has 3 amide bonds. The molecule has 0 bridgehead atoms. The maximum Gasteiger partial charge on any atom is 0.329 e. The summed E-state index contributed by atoms with van der Waals surface area (Å²) in [6.45, 7) is -0.173. The molecular formula is C20H15FI2N2O5. The minimum absolute atomic E-state index is 0.0653. The number of rotatable bonds is 6. The van der Waals surface area contributed by atoms with Crippen molar-refractivity contribution < 1.29 is 28.2 Å². The van der Waals surface area contributed by atoms with Crippen molar-refractivity contribution in [3.63, 3.8) is 0 Å². The highest BCUT2D eigenvalue weighted by Gasteiger charge is 2.35. The van der Waals surface area contributed by atoms with Gasteiger partial charge in [-0.05, 0) is 86.7 Å². The Labute approximate surface area is 198 Å². The molecule has 1 fully saturated rings. The quantitative estimate of drug-likeness (QED) is 0.227. The third kappa shape index (κ3) is 5.28. The number of halogens is 3. The molecule has 0 aromatic heterocycles. The first-order valence-electron chi connectivity index (χ1n) is 8.56. The Kier molecular flexibility index (Phi) is 7.28. The standard InChI is InChI=1S/C20H15FI2N2O5/c1-29-17(26)9-25-19(27)16(24-20(25)28)8-12-6-14(22)18(15(23)7-12)30-10-11-2-4-13(21)5-3-11/h2-8H,9-10H2,1H3,(H,24,28)/b16-8+. The highest BCUT2D eigenvalue weighted by atomic mass is 127. The number of esters is 1. The molecule has 0 radical (unpaired) electrons. The predicted molar refractivity (Wildman–Crippen MR) is 123 cm³/mol. The zero-order valence-corrected chi connectivity index (χ0v) is 19.9. The summed E-state index contributed by atoms with van der Waals surface area (Å²) in [5.41, 5.74) is 1.58. The molecule has 0 saturated carbocycles. The van der Waals surface area contributed by atoms with Gasteiger partial charge in [0.1, 0.15) is 30.4 Å². The summed E-state index contributed by atoms with van der Waals surface area (Å²) in [5, 5.41) is 2.46. The topological polar surface area (TPSA) is 84.9 Å². The molecule has 3 rings (SSSR count). The number of imide groups is 1. The highest BCUT2D eigenvalue weighted by molar-refractivity contribution is 14.1. The van der Waals surface area contributed by atoms with Crippen LogP contribution in [0.4, 0.5) is 9.18 Å². The Hall–Kier alpha value is -2.22. The minimum atomic E-state index is -0.688. The lowest BCUT2D eigenvalue weighted by Gasteiger charge is -2.12. The Balaban J connectivity index is 1.76. The number of ether oxygens (including phenoxy) is 2. The van der Waals surface area contributed by atoms with E-state index in [9.17, 15) is 18.8 Å². The zero-order valence-electron chi connectivity index (χ0n) is 15.6. The van der Waals surface area contributed by atoms with Gasteiger partial charge in [0.15, 0.2) is 0 Å². The SMILES string of the molecule is COC(=O)CN1C(=O)N/C(=C/c2cc(I)c(OCc3ccc(F)cc3)c(I)c2)C1=O. The van der Waals surface area contributed by atoms with E-state index in [2.05, 4.69) is 55.2 Å².